The van der Waals surface area contributed by atoms with Crippen LogP contribution in [0, 0.1) is 0 Å². The van der Waals surface area contributed by atoms with E-state index in [4.69, 9.17) is 5.73 Å². The van der Waals surface area contributed by atoms with Gasteiger partial charge in [0.15, 0.2) is 0 Å². The van der Waals surface area contributed by atoms with Crippen LogP contribution in [-0.2, 0) is 11.3 Å². The first-order chi connectivity index (χ1) is 11.7. The maximum atomic E-state index is 12.2. The predicted molar refractivity (Wildman–Crippen MR) is 112 cm³/mol. The summed E-state index contributed by atoms with van der Waals surface area (Å²) < 4.78 is 0. The smallest absolute Gasteiger partial charge is 0.234 e. The minimum atomic E-state index is 0. The average Bonchev–Trinajstić information content (AvgIpc) is 2.57. The summed E-state index contributed by atoms with van der Waals surface area (Å²) in [5.41, 5.74) is 7.93. The van der Waals surface area contributed by atoms with E-state index in [0.717, 1.165) is 51.3 Å². The Hall–Kier alpha value is -1.01. The predicted octanol–water partition coefficient (Wildman–Crippen LogP) is 2.68. The second-order valence-corrected chi connectivity index (χ2v) is 7.20. The van der Waals surface area contributed by atoms with Gasteiger partial charge in [0.05, 0.1) is 6.54 Å². The van der Waals surface area contributed by atoms with Crippen molar-refractivity contribution in [2.75, 3.05) is 38.5 Å². The zero-order valence-corrected chi connectivity index (χ0v) is 17.0. The Morgan fingerprint density at radius 1 is 1.04 bits per heavy atom. The number of anilines is 1. The van der Waals surface area contributed by atoms with Crippen LogP contribution in [0.25, 0.3) is 0 Å². The quantitative estimate of drug-likeness (QED) is 0.743. The van der Waals surface area contributed by atoms with Gasteiger partial charge in [0.1, 0.15) is 0 Å². The molecular formula is C19H32Cl2N4O. The number of hydrogen-bond acceptors (Lipinski definition) is 4. The molecule has 0 bridgehead atoms. The van der Waals surface area contributed by atoms with Gasteiger partial charge in [-0.2, -0.15) is 0 Å². The lowest BCUT2D eigenvalue weighted by Crippen LogP contribution is -2.50. The highest BCUT2D eigenvalue weighted by molar-refractivity contribution is 5.85. The number of piperazine rings is 1. The van der Waals surface area contributed by atoms with Gasteiger partial charge in [-0.15, -0.1) is 24.8 Å². The molecule has 3 rings (SSSR count). The zero-order chi connectivity index (χ0) is 16.8. The lowest BCUT2D eigenvalue weighted by Gasteiger charge is -2.34. The van der Waals surface area contributed by atoms with Crippen molar-refractivity contribution in [1.29, 1.82) is 0 Å². The normalized spacial score (nSPS) is 19.2. The van der Waals surface area contributed by atoms with Gasteiger partial charge in [-0.1, -0.05) is 31.4 Å². The van der Waals surface area contributed by atoms with Gasteiger partial charge in [-0.05, 0) is 30.5 Å². The molecule has 1 saturated heterocycles. The summed E-state index contributed by atoms with van der Waals surface area (Å²) in [6.07, 6.45) is 6.14. The van der Waals surface area contributed by atoms with Gasteiger partial charge < -0.3 is 11.1 Å². The third-order valence-electron chi connectivity index (χ3n) is 5.16. The van der Waals surface area contributed by atoms with E-state index in [1.807, 2.05) is 18.2 Å². The van der Waals surface area contributed by atoms with Crippen molar-refractivity contribution in [3.8, 4) is 0 Å². The Morgan fingerprint density at radius 2 is 1.69 bits per heavy atom. The minimum absolute atomic E-state index is 0. The molecule has 1 aliphatic heterocycles. The van der Waals surface area contributed by atoms with E-state index in [0.29, 0.717) is 12.6 Å². The first kappa shape index (κ1) is 23.0. The molecule has 1 aliphatic carbocycles. The Morgan fingerprint density at radius 3 is 2.35 bits per heavy atom. The van der Waals surface area contributed by atoms with E-state index in [1.54, 1.807) is 0 Å². The molecule has 2 aliphatic rings. The number of nitrogens with zero attached hydrogens (tertiary/aromatic N) is 2. The molecule has 7 heteroatoms. The van der Waals surface area contributed by atoms with Crippen molar-refractivity contribution < 1.29 is 4.79 Å². The van der Waals surface area contributed by atoms with Gasteiger partial charge in [-0.3, -0.25) is 14.6 Å². The largest absolute Gasteiger partial charge is 0.399 e. The van der Waals surface area contributed by atoms with E-state index in [9.17, 15) is 4.79 Å². The van der Waals surface area contributed by atoms with Crippen molar-refractivity contribution in [3.63, 3.8) is 0 Å². The second kappa shape index (κ2) is 11.7. The zero-order valence-electron chi connectivity index (χ0n) is 15.4. The van der Waals surface area contributed by atoms with Crippen LogP contribution >= 0.6 is 24.8 Å². The molecule has 0 unspecified atom stereocenters. The molecule has 2 fully saturated rings. The summed E-state index contributed by atoms with van der Waals surface area (Å²) in [7, 11) is 0. The highest BCUT2D eigenvalue weighted by atomic mass is 35.5. The van der Waals surface area contributed by atoms with Crippen LogP contribution in [0.15, 0.2) is 24.3 Å². The molecule has 0 spiro atoms. The molecule has 0 aromatic heterocycles. The number of carbonyl (C=O) groups excluding carboxylic acids is 1. The monoisotopic (exact) mass is 402 g/mol. The minimum Gasteiger partial charge on any atom is -0.399 e. The van der Waals surface area contributed by atoms with Crippen molar-refractivity contribution >= 4 is 36.4 Å². The van der Waals surface area contributed by atoms with Gasteiger partial charge in [-0.25, -0.2) is 0 Å². The van der Waals surface area contributed by atoms with E-state index >= 15 is 0 Å². The molecule has 0 atom stereocenters. The van der Waals surface area contributed by atoms with Crippen LogP contribution in [0.2, 0.25) is 0 Å². The molecule has 26 heavy (non-hydrogen) atoms. The van der Waals surface area contributed by atoms with E-state index < -0.39 is 0 Å². The molecule has 3 N–H and O–H groups in total. The molecule has 5 nitrogen and oxygen atoms in total. The Bertz CT molecular complexity index is 544. The van der Waals surface area contributed by atoms with Crippen LogP contribution in [0.5, 0.6) is 0 Å². The number of hydrogen-bond donors (Lipinski definition) is 2. The van der Waals surface area contributed by atoms with Crippen LogP contribution < -0.4 is 11.1 Å². The Kier molecular flexibility index (Phi) is 10.3. The number of nitrogen functional groups attached to an aromatic ring is 1. The third-order valence-corrected chi connectivity index (χ3v) is 5.16. The number of halogens is 2. The topological polar surface area (TPSA) is 61.6 Å². The number of benzene rings is 1. The van der Waals surface area contributed by atoms with Crippen LogP contribution in [0.4, 0.5) is 5.69 Å². The van der Waals surface area contributed by atoms with E-state index in [-0.39, 0.29) is 30.7 Å². The van der Waals surface area contributed by atoms with Crippen molar-refractivity contribution in [2.24, 2.45) is 0 Å². The maximum absolute atomic E-state index is 12.2. The summed E-state index contributed by atoms with van der Waals surface area (Å²) in [6, 6.07) is 8.52. The molecule has 1 aromatic rings. The van der Waals surface area contributed by atoms with Crippen molar-refractivity contribution in [3.05, 3.63) is 29.8 Å². The Balaban J connectivity index is 0.00000169. The van der Waals surface area contributed by atoms with Crippen molar-refractivity contribution in [2.45, 2.75) is 44.7 Å². The highest BCUT2D eigenvalue weighted by Gasteiger charge is 2.21. The SMILES string of the molecule is Cl.Cl.Nc1cccc(CN2CCN(CC(=O)NC3CCCCC3)CC2)c1. The molecule has 1 heterocycles. The highest BCUT2D eigenvalue weighted by Crippen LogP contribution is 2.17. The Labute approximate surface area is 169 Å². The standard InChI is InChI=1S/C19H30N4O.2ClH/c20-17-6-4-5-16(13-17)14-22-9-11-23(12-10-22)15-19(24)21-18-7-2-1-3-8-18;;/h4-6,13,18H,1-3,7-12,14-15,20H2,(H,21,24);2*1H. The van der Waals surface area contributed by atoms with E-state index in [2.05, 4.69) is 21.2 Å². The summed E-state index contributed by atoms with van der Waals surface area (Å²) >= 11 is 0. The number of nitrogens with one attached hydrogen (secondary N) is 1. The summed E-state index contributed by atoms with van der Waals surface area (Å²) in [6.45, 7) is 5.41. The third kappa shape index (κ3) is 7.31. The average molecular weight is 403 g/mol. The number of nitrogens with two attached hydrogens (primary N) is 1. The van der Waals surface area contributed by atoms with Crippen LogP contribution in [0.1, 0.15) is 37.7 Å². The molecule has 0 radical (unpaired) electrons. The fourth-order valence-corrected chi connectivity index (χ4v) is 3.78. The number of amides is 1. The molecular weight excluding hydrogens is 371 g/mol. The van der Waals surface area contributed by atoms with Gasteiger partial charge in [0, 0.05) is 44.5 Å². The first-order valence-electron chi connectivity index (χ1n) is 9.27. The maximum Gasteiger partial charge on any atom is 0.234 e. The lowest BCUT2D eigenvalue weighted by molar-refractivity contribution is -0.123. The molecule has 1 aromatic carbocycles. The number of carbonyl (C=O) groups is 1. The van der Waals surface area contributed by atoms with E-state index in [1.165, 1.54) is 24.8 Å². The lowest BCUT2D eigenvalue weighted by atomic mass is 9.95. The van der Waals surface area contributed by atoms with Crippen molar-refractivity contribution in [1.82, 2.24) is 15.1 Å². The molecule has 148 valence electrons. The summed E-state index contributed by atoms with van der Waals surface area (Å²) in [5.74, 6) is 0.200. The fourth-order valence-electron chi connectivity index (χ4n) is 3.78. The van der Waals surface area contributed by atoms with Crippen LogP contribution in [-0.4, -0.2) is 54.5 Å². The summed E-state index contributed by atoms with van der Waals surface area (Å²) in [4.78, 5) is 16.9. The fraction of sp³-hybridized carbons (Fsp3) is 0.632. The number of rotatable bonds is 5. The van der Waals surface area contributed by atoms with Gasteiger partial charge in [0.2, 0.25) is 5.91 Å². The second-order valence-electron chi connectivity index (χ2n) is 7.20. The molecule has 1 saturated carbocycles. The first-order valence-corrected chi connectivity index (χ1v) is 9.27. The van der Waals surface area contributed by atoms with Crippen LogP contribution in [0.3, 0.4) is 0 Å². The van der Waals surface area contributed by atoms with Gasteiger partial charge >= 0.3 is 0 Å². The summed E-state index contributed by atoms with van der Waals surface area (Å²) in [5, 5.41) is 3.22. The van der Waals surface area contributed by atoms with Gasteiger partial charge in [0.25, 0.3) is 0 Å². The molecule has 1 amide bonds.